The van der Waals surface area contributed by atoms with Crippen molar-refractivity contribution in [3.63, 3.8) is 0 Å². The van der Waals surface area contributed by atoms with Crippen molar-refractivity contribution >= 4 is 5.78 Å². The first-order chi connectivity index (χ1) is 8.50. The zero-order chi connectivity index (χ0) is 13.5. The summed E-state index contributed by atoms with van der Waals surface area (Å²) in [5.41, 5.74) is 1.80. The van der Waals surface area contributed by atoms with Gasteiger partial charge in [0.05, 0.1) is 0 Å². The summed E-state index contributed by atoms with van der Waals surface area (Å²) in [7, 11) is 7.84. The fourth-order valence-electron chi connectivity index (χ4n) is 1.68. The maximum atomic E-state index is 12.0. The molecule has 0 atom stereocenters. The summed E-state index contributed by atoms with van der Waals surface area (Å²) >= 11 is 0. The van der Waals surface area contributed by atoms with Crippen LogP contribution < -0.4 is 0 Å². The largest absolute Gasteiger partial charge is 0.383 e. The highest BCUT2D eigenvalue weighted by atomic mass is 16.1. The van der Waals surface area contributed by atoms with Crippen LogP contribution in [0.15, 0.2) is 47.9 Å². The quantitative estimate of drug-likeness (QED) is 0.711. The molecule has 0 N–H and O–H groups in total. The molecule has 0 aliphatic heterocycles. The second-order valence-corrected chi connectivity index (χ2v) is 4.82. The van der Waals surface area contributed by atoms with Gasteiger partial charge < -0.3 is 9.80 Å². The third-order valence-electron chi connectivity index (χ3n) is 2.61. The van der Waals surface area contributed by atoms with E-state index in [9.17, 15) is 4.79 Å². The first-order valence-electron chi connectivity index (χ1n) is 6.13. The molecule has 1 saturated carbocycles. The number of nitrogens with zero attached hydrogens (tertiary/aromatic N) is 2. The van der Waals surface area contributed by atoms with Gasteiger partial charge in [0.25, 0.3) is 0 Å². The Morgan fingerprint density at radius 2 is 1.22 bits per heavy atom. The van der Waals surface area contributed by atoms with Crippen molar-refractivity contribution in [2.45, 2.75) is 12.8 Å². The van der Waals surface area contributed by atoms with E-state index in [2.05, 4.69) is 0 Å². The van der Waals surface area contributed by atoms with Crippen molar-refractivity contribution < 1.29 is 4.79 Å². The molecule has 1 rings (SSSR count). The van der Waals surface area contributed by atoms with Gasteiger partial charge in [-0.1, -0.05) is 12.2 Å². The lowest BCUT2D eigenvalue weighted by atomic mass is 10.1. The molecular weight excluding hydrogens is 224 g/mol. The second-order valence-electron chi connectivity index (χ2n) is 4.82. The molecule has 0 spiro atoms. The van der Waals surface area contributed by atoms with Gasteiger partial charge in [-0.3, -0.25) is 4.79 Å². The van der Waals surface area contributed by atoms with Gasteiger partial charge in [0, 0.05) is 39.3 Å². The fraction of sp³-hybridized carbons (Fsp3) is 0.400. The molecule has 98 valence electrons. The standard InChI is InChI=1S/C15H22N2O/c1-16(2)11-5-7-13-9-10-14(15(13)18)8-6-12-17(3)4/h5-8,11-12H,9-10H2,1-4H3/b11-5+,12-6+,13-7+,14-8+. The van der Waals surface area contributed by atoms with Crippen molar-refractivity contribution in [2.75, 3.05) is 28.2 Å². The molecule has 0 saturated heterocycles. The summed E-state index contributed by atoms with van der Waals surface area (Å²) in [6.07, 6.45) is 13.2. The number of ketones is 1. The zero-order valence-electron chi connectivity index (χ0n) is 11.7. The van der Waals surface area contributed by atoms with E-state index in [1.807, 2.05) is 74.7 Å². The van der Waals surface area contributed by atoms with E-state index in [4.69, 9.17) is 0 Å². The number of hydrogen-bond donors (Lipinski definition) is 0. The van der Waals surface area contributed by atoms with Crippen LogP contribution in [0.3, 0.4) is 0 Å². The molecule has 0 aromatic rings. The minimum Gasteiger partial charge on any atom is -0.383 e. The number of carbonyl (C=O) groups excluding carboxylic acids is 1. The zero-order valence-corrected chi connectivity index (χ0v) is 11.7. The van der Waals surface area contributed by atoms with Crippen LogP contribution in [0, 0.1) is 0 Å². The normalized spacial score (nSPS) is 20.8. The monoisotopic (exact) mass is 246 g/mol. The maximum absolute atomic E-state index is 12.0. The van der Waals surface area contributed by atoms with Crippen molar-refractivity contribution in [3.05, 3.63) is 47.9 Å². The SMILES string of the molecule is CN(C)/C=C/C=C1\CC/C(=C\C=C\N(C)C)C1=O. The van der Waals surface area contributed by atoms with E-state index in [1.165, 1.54) is 0 Å². The van der Waals surface area contributed by atoms with E-state index in [0.29, 0.717) is 0 Å². The molecule has 0 bridgehead atoms. The Balaban J connectivity index is 2.67. The van der Waals surface area contributed by atoms with Gasteiger partial charge in [-0.15, -0.1) is 0 Å². The van der Waals surface area contributed by atoms with Gasteiger partial charge in [-0.25, -0.2) is 0 Å². The van der Waals surface area contributed by atoms with Gasteiger partial charge in [0.15, 0.2) is 5.78 Å². The minimum atomic E-state index is 0.182. The lowest BCUT2D eigenvalue weighted by Crippen LogP contribution is -2.00. The molecule has 1 fully saturated rings. The van der Waals surface area contributed by atoms with Crippen LogP contribution in [-0.4, -0.2) is 43.8 Å². The predicted molar refractivity (Wildman–Crippen MR) is 76.1 cm³/mol. The Bertz CT molecular complexity index is 374. The van der Waals surface area contributed by atoms with Crippen molar-refractivity contribution in [3.8, 4) is 0 Å². The van der Waals surface area contributed by atoms with Crippen LogP contribution in [0.1, 0.15) is 12.8 Å². The van der Waals surface area contributed by atoms with Crippen LogP contribution in [0.4, 0.5) is 0 Å². The molecule has 0 aromatic carbocycles. The third kappa shape index (κ3) is 4.62. The summed E-state index contributed by atoms with van der Waals surface area (Å²) in [6, 6.07) is 0. The Morgan fingerprint density at radius 3 is 1.56 bits per heavy atom. The molecule has 0 unspecified atom stereocenters. The van der Waals surface area contributed by atoms with Gasteiger partial charge in [0.2, 0.25) is 0 Å². The molecule has 1 aliphatic rings. The van der Waals surface area contributed by atoms with Gasteiger partial charge in [-0.05, 0) is 37.4 Å². The Labute approximate surface area is 110 Å². The molecule has 3 heteroatoms. The smallest absolute Gasteiger partial charge is 0.185 e. The third-order valence-corrected chi connectivity index (χ3v) is 2.61. The van der Waals surface area contributed by atoms with Crippen molar-refractivity contribution in [1.29, 1.82) is 0 Å². The van der Waals surface area contributed by atoms with Gasteiger partial charge in [0.1, 0.15) is 0 Å². The molecule has 1 aliphatic carbocycles. The van der Waals surface area contributed by atoms with E-state index in [-0.39, 0.29) is 5.78 Å². The average Bonchev–Trinajstić information content (AvgIpc) is 2.60. The average molecular weight is 246 g/mol. The molecule has 0 radical (unpaired) electrons. The summed E-state index contributed by atoms with van der Waals surface area (Å²) in [6.45, 7) is 0. The number of Topliss-reactive ketones (excluding diaryl/α,β-unsaturated/α-hetero) is 1. The van der Waals surface area contributed by atoms with E-state index >= 15 is 0 Å². The summed E-state index contributed by atoms with van der Waals surface area (Å²) in [5.74, 6) is 0.182. The lowest BCUT2D eigenvalue weighted by Gasteiger charge is -2.01. The number of rotatable bonds is 4. The van der Waals surface area contributed by atoms with Crippen molar-refractivity contribution in [1.82, 2.24) is 9.80 Å². The molecular formula is C15H22N2O. The van der Waals surface area contributed by atoms with E-state index in [1.54, 1.807) is 0 Å². The highest BCUT2D eigenvalue weighted by Gasteiger charge is 2.21. The highest BCUT2D eigenvalue weighted by molar-refractivity contribution is 6.10. The van der Waals surface area contributed by atoms with Crippen LogP contribution in [-0.2, 0) is 4.79 Å². The van der Waals surface area contributed by atoms with Crippen LogP contribution in [0.2, 0.25) is 0 Å². The van der Waals surface area contributed by atoms with Crippen LogP contribution >= 0.6 is 0 Å². The lowest BCUT2D eigenvalue weighted by molar-refractivity contribution is -0.111. The molecule has 3 nitrogen and oxygen atoms in total. The number of hydrogen-bond acceptors (Lipinski definition) is 3. The molecule has 18 heavy (non-hydrogen) atoms. The van der Waals surface area contributed by atoms with Gasteiger partial charge in [-0.2, -0.15) is 0 Å². The van der Waals surface area contributed by atoms with Crippen molar-refractivity contribution in [2.24, 2.45) is 0 Å². The summed E-state index contributed by atoms with van der Waals surface area (Å²) in [5, 5.41) is 0. The number of allylic oxidation sites excluding steroid dienone is 6. The Kier molecular flexibility index (Phi) is 5.43. The van der Waals surface area contributed by atoms with E-state index in [0.717, 1.165) is 24.0 Å². The Morgan fingerprint density at radius 1 is 0.833 bits per heavy atom. The highest BCUT2D eigenvalue weighted by Crippen LogP contribution is 2.26. The first kappa shape index (κ1) is 14.3. The molecule has 0 heterocycles. The predicted octanol–water partition coefficient (Wildman–Crippen LogP) is 2.35. The van der Waals surface area contributed by atoms with Crippen LogP contribution in [0.25, 0.3) is 0 Å². The van der Waals surface area contributed by atoms with Gasteiger partial charge >= 0.3 is 0 Å². The fourth-order valence-corrected chi connectivity index (χ4v) is 1.68. The Hall–Kier alpha value is -1.77. The summed E-state index contributed by atoms with van der Waals surface area (Å²) in [4.78, 5) is 15.9. The second kappa shape index (κ2) is 6.84. The minimum absolute atomic E-state index is 0.182. The van der Waals surface area contributed by atoms with Crippen LogP contribution in [0.5, 0.6) is 0 Å². The maximum Gasteiger partial charge on any atom is 0.185 e. The number of carbonyl (C=O) groups is 1. The molecule has 0 amide bonds. The van der Waals surface area contributed by atoms with E-state index < -0.39 is 0 Å². The first-order valence-corrected chi connectivity index (χ1v) is 6.13. The molecule has 0 aromatic heterocycles. The topological polar surface area (TPSA) is 23.6 Å². The summed E-state index contributed by atoms with van der Waals surface area (Å²) < 4.78 is 0.